The highest BCUT2D eigenvalue weighted by Gasteiger charge is 2.11. The molecule has 0 spiro atoms. The Labute approximate surface area is 206 Å². The fourth-order valence-corrected chi connectivity index (χ4v) is 3.65. The fourth-order valence-electron chi connectivity index (χ4n) is 3.04. The van der Waals surface area contributed by atoms with E-state index in [9.17, 15) is 10.1 Å². The Morgan fingerprint density at radius 3 is 2.09 bits per heavy atom. The second kappa shape index (κ2) is 10.8. The topological polar surface area (TPSA) is 74.0 Å². The molecule has 0 unspecified atom stereocenters. The monoisotopic (exact) mass is 492 g/mol. The third-order valence-corrected chi connectivity index (χ3v) is 5.29. The summed E-state index contributed by atoms with van der Waals surface area (Å²) in [5, 5.41) is 11.4. The highest BCUT2D eigenvalue weighted by Crippen LogP contribution is 2.35. The van der Waals surface area contributed by atoms with E-state index in [-0.39, 0.29) is 12.3 Å². The number of hydrogen-bond acceptors (Lipinski definition) is 5. The van der Waals surface area contributed by atoms with Gasteiger partial charge in [0.15, 0.2) is 5.75 Å². The van der Waals surface area contributed by atoms with Crippen LogP contribution in [0.5, 0.6) is 17.2 Å². The molecule has 0 saturated carbocycles. The average Bonchev–Trinajstić information content (AvgIpc) is 2.84. The number of benzene rings is 4. The van der Waals surface area contributed by atoms with Gasteiger partial charge in [0.1, 0.15) is 18.1 Å². The summed E-state index contributed by atoms with van der Waals surface area (Å²) in [4.78, 5) is 14.8. The van der Waals surface area contributed by atoms with Crippen molar-refractivity contribution in [2.45, 2.75) is 6.61 Å². The lowest BCUT2D eigenvalue weighted by atomic mass is 10.2. The Morgan fingerprint density at radius 1 is 0.853 bits per heavy atom. The predicted octanol–water partition coefficient (Wildman–Crippen LogP) is 8.02. The molecule has 0 fully saturated rings. The lowest BCUT2D eigenvalue weighted by molar-refractivity contribution is -0.384. The van der Waals surface area contributed by atoms with Crippen molar-refractivity contribution in [2.24, 2.45) is 4.99 Å². The van der Waals surface area contributed by atoms with Gasteiger partial charge in [-0.25, -0.2) is 0 Å². The van der Waals surface area contributed by atoms with Crippen molar-refractivity contribution in [3.63, 3.8) is 0 Å². The molecule has 34 heavy (non-hydrogen) atoms. The van der Waals surface area contributed by atoms with E-state index < -0.39 is 4.92 Å². The second-order valence-electron chi connectivity index (χ2n) is 7.19. The van der Waals surface area contributed by atoms with E-state index in [1.54, 1.807) is 30.5 Å². The molecule has 0 aliphatic carbocycles. The number of aliphatic imine (C=N–C) groups is 1. The summed E-state index contributed by atoms with van der Waals surface area (Å²) in [5.41, 5.74) is 2.22. The first kappa shape index (κ1) is 23.3. The maximum Gasteiger partial charge on any atom is 0.269 e. The van der Waals surface area contributed by atoms with Gasteiger partial charge < -0.3 is 9.47 Å². The van der Waals surface area contributed by atoms with Gasteiger partial charge in [0.2, 0.25) is 0 Å². The van der Waals surface area contributed by atoms with Crippen LogP contribution in [0.15, 0.2) is 96.0 Å². The minimum absolute atomic E-state index is 0.0156. The van der Waals surface area contributed by atoms with Crippen LogP contribution < -0.4 is 9.47 Å². The third-order valence-electron chi connectivity index (χ3n) is 4.73. The molecule has 0 aliphatic rings. The number of ether oxygens (including phenoxy) is 2. The van der Waals surface area contributed by atoms with Crippen LogP contribution in [0.3, 0.4) is 0 Å². The van der Waals surface area contributed by atoms with Gasteiger partial charge >= 0.3 is 0 Å². The van der Waals surface area contributed by atoms with Crippen LogP contribution in [0, 0.1) is 10.1 Å². The van der Waals surface area contributed by atoms with Crippen molar-refractivity contribution in [1.82, 2.24) is 0 Å². The predicted molar refractivity (Wildman–Crippen MR) is 134 cm³/mol. The Morgan fingerprint density at radius 2 is 1.47 bits per heavy atom. The van der Waals surface area contributed by atoms with Gasteiger partial charge in [-0.2, -0.15) is 0 Å². The molecule has 0 bridgehead atoms. The van der Waals surface area contributed by atoms with E-state index in [1.165, 1.54) is 12.1 Å². The SMILES string of the molecule is O=[N+]([O-])c1ccc(COc2c(Cl)cc(C=Nc3ccc(Oc4ccccc4)cc3)cc2Cl)cc1. The molecule has 0 aromatic heterocycles. The Kier molecular flexibility index (Phi) is 7.42. The molecule has 4 aromatic carbocycles. The van der Waals surface area contributed by atoms with Crippen molar-refractivity contribution < 1.29 is 14.4 Å². The summed E-state index contributed by atoms with van der Waals surface area (Å²) in [6, 6.07) is 26.4. The Bertz CT molecular complexity index is 1290. The molecule has 0 amide bonds. The Hall–Kier alpha value is -3.87. The molecule has 0 N–H and O–H groups in total. The zero-order valence-corrected chi connectivity index (χ0v) is 19.2. The smallest absolute Gasteiger partial charge is 0.269 e. The molecule has 0 heterocycles. The molecule has 0 saturated heterocycles. The number of nitro groups is 1. The van der Waals surface area contributed by atoms with Crippen LogP contribution >= 0.6 is 23.2 Å². The molecular formula is C26H18Cl2N2O4. The van der Waals surface area contributed by atoms with Gasteiger partial charge in [0, 0.05) is 18.3 Å². The maximum atomic E-state index is 10.8. The van der Waals surface area contributed by atoms with E-state index in [2.05, 4.69) is 4.99 Å². The number of nitro benzene ring substituents is 1. The standard InChI is InChI=1S/C26H18Cl2N2O4/c27-24-14-19(15-25(28)26(24)33-17-18-6-10-21(11-7-18)30(31)32)16-29-20-8-12-23(13-9-20)34-22-4-2-1-3-5-22/h1-16H,17H2. The van der Waals surface area contributed by atoms with E-state index in [0.717, 1.165) is 17.0 Å². The van der Waals surface area contributed by atoms with Gasteiger partial charge in [-0.15, -0.1) is 0 Å². The zero-order chi connectivity index (χ0) is 23.9. The molecular weight excluding hydrogens is 475 g/mol. The van der Waals surface area contributed by atoms with Crippen LogP contribution in [0.25, 0.3) is 0 Å². The third kappa shape index (κ3) is 6.13. The van der Waals surface area contributed by atoms with E-state index in [4.69, 9.17) is 32.7 Å². The molecule has 0 atom stereocenters. The molecule has 0 aliphatic heterocycles. The largest absolute Gasteiger partial charge is 0.486 e. The van der Waals surface area contributed by atoms with Crippen LogP contribution in [0.1, 0.15) is 11.1 Å². The normalized spacial score (nSPS) is 10.9. The van der Waals surface area contributed by atoms with Crippen molar-refractivity contribution in [3.05, 3.63) is 122 Å². The summed E-state index contributed by atoms with van der Waals surface area (Å²) in [7, 11) is 0. The van der Waals surface area contributed by atoms with Gasteiger partial charge in [-0.3, -0.25) is 15.1 Å². The first-order valence-corrected chi connectivity index (χ1v) is 11.0. The summed E-state index contributed by atoms with van der Waals surface area (Å²) in [6.45, 7) is 0.169. The Balaban J connectivity index is 1.39. The fraction of sp³-hybridized carbons (Fsp3) is 0.0385. The van der Waals surface area contributed by atoms with Crippen LogP contribution in [0.4, 0.5) is 11.4 Å². The van der Waals surface area contributed by atoms with E-state index in [1.807, 2.05) is 54.6 Å². The second-order valence-corrected chi connectivity index (χ2v) is 8.01. The quantitative estimate of drug-likeness (QED) is 0.142. The van der Waals surface area contributed by atoms with Gasteiger partial charge in [0.25, 0.3) is 5.69 Å². The van der Waals surface area contributed by atoms with E-state index >= 15 is 0 Å². The summed E-state index contributed by atoms with van der Waals surface area (Å²) in [5.74, 6) is 1.81. The number of hydrogen-bond donors (Lipinski definition) is 0. The van der Waals surface area contributed by atoms with Crippen LogP contribution in [-0.2, 0) is 6.61 Å². The first-order valence-electron chi connectivity index (χ1n) is 10.2. The number of para-hydroxylation sites is 1. The lowest BCUT2D eigenvalue weighted by Crippen LogP contribution is -1.98. The maximum absolute atomic E-state index is 10.8. The molecule has 8 heteroatoms. The highest BCUT2D eigenvalue weighted by molar-refractivity contribution is 6.37. The van der Waals surface area contributed by atoms with Crippen molar-refractivity contribution >= 4 is 40.8 Å². The van der Waals surface area contributed by atoms with Crippen LogP contribution in [-0.4, -0.2) is 11.1 Å². The molecule has 0 radical (unpaired) electrons. The number of non-ortho nitro benzene ring substituents is 1. The summed E-state index contributed by atoms with van der Waals surface area (Å²) < 4.78 is 11.5. The van der Waals surface area contributed by atoms with Crippen molar-refractivity contribution in [3.8, 4) is 17.2 Å². The average molecular weight is 493 g/mol. The summed E-state index contributed by atoms with van der Waals surface area (Å²) >= 11 is 12.7. The minimum Gasteiger partial charge on any atom is -0.486 e. The van der Waals surface area contributed by atoms with Crippen LogP contribution in [0.2, 0.25) is 10.0 Å². The number of rotatable bonds is 8. The number of halogens is 2. The van der Waals surface area contributed by atoms with E-state index in [0.29, 0.717) is 27.1 Å². The van der Waals surface area contributed by atoms with Crippen molar-refractivity contribution in [2.75, 3.05) is 0 Å². The molecule has 4 rings (SSSR count). The summed E-state index contributed by atoms with van der Waals surface area (Å²) in [6.07, 6.45) is 1.66. The minimum atomic E-state index is -0.453. The zero-order valence-electron chi connectivity index (χ0n) is 17.7. The van der Waals surface area contributed by atoms with Crippen molar-refractivity contribution in [1.29, 1.82) is 0 Å². The highest BCUT2D eigenvalue weighted by atomic mass is 35.5. The molecule has 4 aromatic rings. The lowest BCUT2D eigenvalue weighted by Gasteiger charge is -2.11. The number of nitrogens with zero attached hydrogens (tertiary/aromatic N) is 2. The first-order chi connectivity index (χ1) is 16.5. The molecule has 170 valence electrons. The van der Waals surface area contributed by atoms with Gasteiger partial charge in [-0.1, -0.05) is 41.4 Å². The molecule has 6 nitrogen and oxygen atoms in total. The van der Waals surface area contributed by atoms with Gasteiger partial charge in [0.05, 0.1) is 20.7 Å². The van der Waals surface area contributed by atoms with Gasteiger partial charge in [-0.05, 0) is 71.8 Å².